The SMILES string of the molecule is Cn1ccc2cc(C(O)C(O)CCNC(=O)OC(C)(C)C)ccc21. The monoisotopic (exact) mass is 334 g/mol. The molecule has 0 saturated carbocycles. The summed E-state index contributed by atoms with van der Waals surface area (Å²) >= 11 is 0. The fraction of sp³-hybridized carbons (Fsp3) is 0.500. The lowest BCUT2D eigenvalue weighted by molar-refractivity contribution is 0.0124. The van der Waals surface area contributed by atoms with Crippen molar-refractivity contribution in [1.29, 1.82) is 0 Å². The number of fused-ring (bicyclic) bond motifs is 1. The number of benzene rings is 1. The Balaban J connectivity index is 1.89. The van der Waals surface area contributed by atoms with Gasteiger partial charge in [0.15, 0.2) is 0 Å². The van der Waals surface area contributed by atoms with Crippen LogP contribution in [0.3, 0.4) is 0 Å². The van der Waals surface area contributed by atoms with Crippen LogP contribution >= 0.6 is 0 Å². The van der Waals surface area contributed by atoms with Gasteiger partial charge >= 0.3 is 6.09 Å². The third kappa shape index (κ3) is 4.72. The lowest BCUT2D eigenvalue weighted by Crippen LogP contribution is -2.34. The molecule has 2 aromatic rings. The predicted octanol–water partition coefficient (Wildman–Crippen LogP) is 2.49. The number of carbonyl (C=O) groups excluding carboxylic acids is 1. The lowest BCUT2D eigenvalue weighted by atomic mass is 10.0. The molecule has 0 radical (unpaired) electrons. The molecule has 0 aliphatic carbocycles. The smallest absolute Gasteiger partial charge is 0.407 e. The third-order valence-corrected chi connectivity index (χ3v) is 3.72. The van der Waals surface area contributed by atoms with Crippen LogP contribution in [0, 0.1) is 0 Å². The first-order valence-electron chi connectivity index (χ1n) is 8.05. The number of aromatic nitrogens is 1. The van der Waals surface area contributed by atoms with Crippen LogP contribution < -0.4 is 5.32 Å². The highest BCUT2D eigenvalue weighted by Crippen LogP contribution is 2.24. The zero-order valence-corrected chi connectivity index (χ0v) is 14.6. The number of rotatable bonds is 5. The van der Waals surface area contributed by atoms with Gasteiger partial charge in [0.05, 0.1) is 6.10 Å². The van der Waals surface area contributed by atoms with E-state index in [9.17, 15) is 15.0 Å². The molecule has 6 nitrogen and oxygen atoms in total. The Morgan fingerprint density at radius 2 is 2.00 bits per heavy atom. The Bertz CT molecular complexity index is 703. The second-order valence-corrected chi connectivity index (χ2v) is 6.97. The Kier molecular flexibility index (Phi) is 5.51. The van der Waals surface area contributed by atoms with Crippen molar-refractivity contribution >= 4 is 17.0 Å². The standard InChI is InChI=1S/C18H26N2O4/c1-18(2,3)24-17(23)19-9-7-15(21)16(22)13-5-6-14-12(11-13)8-10-20(14)4/h5-6,8,10-11,15-16,21-22H,7,9H2,1-4H3,(H,19,23). The van der Waals surface area contributed by atoms with Crippen molar-refractivity contribution in [2.75, 3.05) is 6.54 Å². The van der Waals surface area contributed by atoms with Crippen molar-refractivity contribution < 1.29 is 19.7 Å². The number of alkyl carbamates (subject to hydrolysis) is 1. The summed E-state index contributed by atoms with van der Waals surface area (Å²) in [5, 5.41) is 24.0. The molecule has 1 heterocycles. The van der Waals surface area contributed by atoms with E-state index >= 15 is 0 Å². The number of amides is 1. The van der Waals surface area contributed by atoms with E-state index in [1.54, 1.807) is 26.8 Å². The van der Waals surface area contributed by atoms with E-state index in [2.05, 4.69) is 5.32 Å². The summed E-state index contributed by atoms with van der Waals surface area (Å²) in [6.45, 7) is 5.57. The first-order valence-corrected chi connectivity index (χ1v) is 8.05. The topological polar surface area (TPSA) is 83.7 Å². The van der Waals surface area contributed by atoms with Crippen molar-refractivity contribution in [2.45, 2.75) is 45.0 Å². The number of aliphatic hydroxyl groups is 2. The molecule has 132 valence electrons. The van der Waals surface area contributed by atoms with E-state index in [0.717, 1.165) is 10.9 Å². The van der Waals surface area contributed by atoms with E-state index in [4.69, 9.17) is 4.74 Å². The summed E-state index contributed by atoms with van der Waals surface area (Å²) in [6, 6.07) is 7.55. The zero-order chi connectivity index (χ0) is 17.9. The molecule has 6 heteroatoms. The van der Waals surface area contributed by atoms with Gasteiger partial charge < -0.3 is 24.8 Å². The van der Waals surface area contributed by atoms with Gasteiger partial charge in [-0.3, -0.25) is 0 Å². The largest absolute Gasteiger partial charge is 0.444 e. The van der Waals surface area contributed by atoms with Crippen molar-refractivity contribution in [1.82, 2.24) is 9.88 Å². The summed E-state index contributed by atoms with van der Waals surface area (Å²) in [7, 11) is 1.95. The molecule has 1 aromatic carbocycles. The van der Waals surface area contributed by atoms with Crippen LogP contribution in [0.25, 0.3) is 10.9 Å². The summed E-state index contributed by atoms with van der Waals surface area (Å²) in [5.74, 6) is 0. The molecule has 2 unspecified atom stereocenters. The van der Waals surface area contributed by atoms with Gasteiger partial charge in [0.25, 0.3) is 0 Å². The van der Waals surface area contributed by atoms with Crippen molar-refractivity contribution in [3.05, 3.63) is 36.0 Å². The molecular weight excluding hydrogens is 308 g/mol. The Morgan fingerprint density at radius 3 is 2.67 bits per heavy atom. The molecule has 1 amide bonds. The molecule has 1 aromatic heterocycles. The molecule has 3 N–H and O–H groups in total. The molecule has 24 heavy (non-hydrogen) atoms. The van der Waals surface area contributed by atoms with E-state index in [0.29, 0.717) is 5.56 Å². The summed E-state index contributed by atoms with van der Waals surface area (Å²) in [6.07, 6.45) is -0.332. The van der Waals surface area contributed by atoms with Crippen molar-refractivity contribution in [2.24, 2.45) is 7.05 Å². The Morgan fingerprint density at radius 1 is 1.29 bits per heavy atom. The number of carbonyl (C=O) groups is 1. The second-order valence-electron chi connectivity index (χ2n) is 6.97. The summed E-state index contributed by atoms with van der Waals surface area (Å²) in [5.41, 5.74) is 1.15. The minimum absolute atomic E-state index is 0.223. The van der Waals surface area contributed by atoms with Crippen molar-refractivity contribution in [3.8, 4) is 0 Å². The highest BCUT2D eigenvalue weighted by atomic mass is 16.6. The van der Waals surface area contributed by atoms with Gasteiger partial charge in [-0.1, -0.05) is 6.07 Å². The van der Waals surface area contributed by atoms with Crippen LogP contribution in [-0.4, -0.2) is 39.1 Å². The minimum Gasteiger partial charge on any atom is -0.444 e. The first-order chi connectivity index (χ1) is 11.2. The quantitative estimate of drug-likeness (QED) is 0.784. The van der Waals surface area contributed by atoms with Gasteiger partial charge in [-0.25, -0.2) is 4.79 Å². The van der Waals surface area contributed by atoms with Crippen LogP contribution in [0.2, 0.25) is 0 Å². The van der Waals surface area contributed by atoms with Crippen LogP contribution in [0.5, 0.6) is 0 Å². The predicted molar refractivity (Wildman–Crippen MR) is 92.7 cm³/mol. The highest BCUT2D eigenvalue weighted by molar-refractivity contribution is 5.80. The summed E-state index contributed by atoms with van der Waals surface area (Å²) < 4.78 is 7.11. The fourth-order valence-corrected chi connectivity index (χ4v) is 2.50. The number of aryl methyl sites for hydroxylation is 1. The maximum absolute atomic E-state index is 11.5. The fourth-order valence-electron chi connectivity index (χ4n) is 2.50. The van der Waals surface area contributed by atoms with E-state index in [1.807, 2.05) is 36.0 Å². The van der Waals surface area contributed by atoms with E-state index < -0.39 is 23.9 Å². The van der Waals surface area contributed by atoms with Gasteiger partial charge in [-0.2, -0.15) is 0 Å². The molecular formula is C18H26N2O4. The highest BCUT2D eigenvalue weighted by Gasteiger charge is 2.20. The van der Waals surface area contributed by atoms with E-state index in [-0.39, 0.29) is 13.0 Å². The molecule has 0 spiro atoms. The number of hydrogen-bond acceptors (Lipinski definition) is 4. The molecule has 0 aliphatic heterocycles. The molecule has 0 bridgehead atoms. The molecule has 2 rings (SSSR count). The lowest BCUT2D eigenvalue weighted by Gasteiger charge is -2.21. The van der Waals surface area contributed by atoms with Crippen LogP contribution in [-0.2, 0) is 11.8 Å². The number of ether oxygens (including phenoxy) is 1. The number of hydrogen-bond donors (Lipinski definition) is 3. The van der Waals surface area contributed by atoms with Crippen LogP contribution in [0.15, 0.2) is 30.5 Å². The third-order valence-electron chi connectivity index (χ3n) is 3.72. The van der Waals surface area contributed by atoms with Crippen LogP contribution in [0.1, 0.15) is 38.9 Å². The normalized spacial score (nSPS) is 14.4. The molecule has 0 aliphatic rings. The van der Waals surface area contributed by atoms with Gasteiger partial charge in [0.1, 0.15) is 11.7 Å². The number of nitrogens with zero attached hydrogens (tertiary/aromatic N) is 1. The minimum atomic E-state index is -1.00. The zero-order valence-electron chi connectivity index (χ0n) is 14.6. The van der Waals surface area contributed by atoms with Gasteiger partial charge in [0.2, 0.25) is 0 Å². The van der Waals surface area contributed by atoms with E-state index in [1.165, 1.54) is 0 Å². The van der Waals surface area contributed by atoms with Crippen LogP contribution in [0.4, 0.5) is 4.79 Å². The number of nitrogens with one attached hydrogen (secondary N) is 1. The maximum atomic E-state index is 11.5. The maximum Gasteiger partial charge on any atom is 0.407 e. The molecule has 0 fully saturated rings. The summed E-state index contributed by atoms with van der Waals surface area (Å²) in [4.78, 5) is 11.5. The Labute approximate surface area is 142 Å². The van der Waals surface area contributed by atoms with Crippen molar-refractivity contribution in [3.63, 3.8) is 0 Å². The van der Waals surface area contributed by atoms with Gasteiger partial charge in [0, 0.05) is 25.3 Å². The van der Waals surface area contributed by atoms with Gasteiger partial charge in [-0.05, 0) is 56.3 Å². The number of aliphatic hydroxyl groups excluding tert-OH is 2. The Hall–Kier alpha value is -2.05. The first kappa shape index (κ1) is 18.3. The average Bonchev–Trinajstić information content (AvgIpc) is 2.85. The molecule has 0 saturated heterocycles. The second kappa shape index (κ2) is 7.23. The average molecular weight is 334 g/mol. The molecule has 2 atom stereocenters. The van der Waals surface area contributed by atoms with Gasteiger partial charge in [-0.15, -0.1) is 0 Å².